The Hall–Kier alpha value is -1.77. The second-order valence-corrected chi connectivity index (χ2v) is 4.18. The smallest absolute Gasteiger partial charge is 0.256 e. The van der Waals surface area contributed by atoms with Crippen LogP contribution in [-0.4, -0.2) is 12.1 Å². The molecule has 2 aromatic rings. The van der Waals surface area contributed by atoms with E-state index in [9.17, 15) is 4.79 Å². The second kappa shape index (κ2) is 5.04. The first-order chi connectivity index (χ1) is 8.24. The Kier molecular flexibility index (Phi) is 3.47. The van der Waals surface area contributed by atoms with Crippen LogP contribution in [0.3, 0.4) is 0 Å². The van der Waals surface area contributed by atoms with Gasteiger partial charge in [-0.25, -0.2) is 0 Å². The summed E-state index contributed by atoms with van der Waals surface area (Å²) in [6.07, 6.45) is 3.13. The number of aryl methyl sites for hydroxylation is 1. The quantitative estimate of drug-likeness (QED) is 0.879. The Labute approximate surface area is 100 Å². The van der Waals surface area contributed by atoms with E-state index in [1.165, 1.54) is 0 Å². The lowest BCUT2D eigenvalue weighted by atomic mass is 10.1. The van der Waals surface area contributed by atoms with Crippen LogP contribution in [0.2, 0.25) is 0 Å². The van der Waals surface area contributed by atoms with Crippen LogP contribution in [0.4, 0.5) is 0 Å². The van der Waals surface area contributed by atoms with E-state index in [2.05, 4.69) is 11.9 Å². The maximum atomic E-state index is 11.9. The van der Waals surface area contributed by atoms with Crippen molar-refractivity contribution in [3.63, 3.8) is 0 Å². The number of unbranched alkanes of at least 4 members (excludes halogenated alkanes) is 1. The van der Waals surface area contributed by atoms with Gasteiger partial charge in [0.15, 0.2) is 0 Å². The van der Waals surface area contributed by atoms with Gasteiger partial charge in [0.25, 0.3) is 5.56 Å². The predicted molar refractivity (Wildman–Crippen MR) is 69.7 cm³/mol. The molecule has 90 valence electrons. The van der Waals surface area contributed by atoms with Crippen LogP contribution in [0.5, 0.6) is 5.75 Å². The van der Waals surface area contributed by atoms with Crippen molar-refractivity contribution >= 4 is 10.8 Å². The largest absolute Gasteiger partial charge is 0.497 e. The highest BCUT2D eigenvalue weighted by Gasteiger charge is 2.03. The molecule has 0 bridgehead atoms. The van der Waals surface area contributed by atoms with Crippen LogP contribution in [0.25, 0.3) is 10.8 Å². The Bertz CT molecular complexity index is 572. The number of hydrogen-bond acceptors (Lipinski definition) is 2. The lowest BCUT2D eigenvalue weighted by molar-refractivity contribution is 0.415. The lowest BCUT2D eigenvalue weighted by Gasteiger charge is -2.05. The van der Waals surface area contributed by atoms with Crippen LogP contribution in [0, 0.1) is 0 Å². The fourth-order valence-corrected chi connectivity index (χ4v) is 1.93. The summed E-state index contributed by atoms with van der Waals surface area (Å²) in [6, 6.07) is 7.55. The summed E-state index contributed by atoms with van der Waals surface area (Å²) in [5.41, 5.74) is 0.980. The first-order valence-electron chi connectivity index (χ1n) is 5.94. The molecular weight excluding hydrogens is 214 g/mol. The molecular formula is C14H17NO2. The Morgan fingerprint density at radius 1 is 1.29 bits per heavy atom. The predicted octanol–water partition coefficient (Wildman–Crippen LogP) is 2.88. The summed E-state index contributed by atoms with van der Waals surface area (Å²) < 4.78 is 5.17. The Morgan fingerprint density at radius 2 is 2.12 bits per heavy atom. The Balaban J connectivity index is 2.50. The van der Waals surface area contributed by atoms with Crippen molar-refractivity contribution in [1.82, 2.24) is 4.98 Å². The number of pyridine rings is 1. The zero-order chi connectivity index (χ0) is 12.3. The van der Waals surface area contributed by atoms with Gasteiger partial charge < -0.3 is 9.72 Å². The third kappa shape index (κ3) is 2.49. The molecule has 2 rings (SSSR count). The van der Waals surface area contributed by atoms with Crippen LogP contribution in [-0.2, 0) is 6.42 Å². The molecule has 17 heavy (non-hydrogen) atoms. The molecule has 0 aliphatic carbocycles. The highest BCUT2D eigenvalue weighted by molar-refractivity contribution is 5.83. The number of ether oxygens (including phenoxy) is 1. The molecule has 0 spiro atoms. The second-order valence-electron chi connectivity index (χ2n) is 4.18. The molecule has 1 N–H and O–H groups in total. The molecule has 0 amide bonds. The van der Waals surface area contributed by atoms with Gasteiger partial charge in [0.2, 0.25) is 0 Å². The van der Waals surface area contributed by atoms with Crippen molar-refractivity contribution in [3.05, 3.63) is 40.3 Å². The first-order valence-corrected chi connectivity index (χ1v) is 5.94. The third-order valence-corrected chi connectivity index (χ3v) is 2.91. The molecule has 1 aromatic heterocycles. The van der Waals surface area contributed by atoms with Crippen LogP contribution in [0.15, 0.2) is 29.1 Å². The van der Waals surface area contributed by atoms with Gasteiger partial charge in [-0.15, -0.1) is 0 Å². The number of aromatic nitrogens is 1. The third-order valence-electron chi connectivity index (χ3n) is 2.91. The molecule has 0 radical (unpaired) electrons. The maximum Gasteiger partial charge on any atom is 0.256 e. The minimum atomic E-state index is -0.0174. The van der Waals surface area contributed by atoms with Crippen molar-refractivity contribution in [3.8, 4) is 5.75 Å². The van der Waals surface area contributed by atoms with Gasteiger partial charge >= 0.3 is 0 Å². The molecule has 3 nitrogen and oxygen atoms in total. The summed E-state index contributed by atoms with van der Waals surface area (Å²) >= 11 is 0. The molecule has 0 saturated heterocycles. The van der Waals surface area contributed by atoms with Crippen molar-refractivity contribution in [2.24, 2.45) is 0 Å². The van der Waals surface area contributed by atoms with E-state index in [0.29, 0.717) is 5.39 Å². The van der Waals surface area contributed by atoms with E-state index < -0.39 is 0 Å². The van der Waals surface area contributed by atoms with E-state index in [1.54, 1.807) is 13.2 Å². The zero-order valence-electron chi connectivity index (χ0n) is 10.2. The van der Waals surface area contributed by atoms with Crippen molar-refractivity contribution in [1.29, 1.82) is 0 Å². The number of H-pyrrole nitrogens is 1. The zero-order valence-corrected chi connectivity index (χ0v) is 10.2. The molecule has 0 atom stereocenters. The fraction of sp³-hybridized carbons (Fsp3) is 0.357. The molecule has 0 fully saturated rings. The van der Waals surface area contributed by atoms with Crippen molar-refractivity contribution < 1.29 is 4.74 Å². The molecule has 0 aliphatic rings. The molecule has 3 heteroatoms. The highest BCUT2D eigenvalue weighted by Crippen LogP contribution is 2.18. The number of hydrogen-bond donors (Lipinski definition) is 1. The number of methoxy groups -OCH3 is 1. The Morgan fingerprint density at radius 3 is 2.82 bits per heavy atom. The summed E-state index contributed by atoms with van der Waals surface area (Å²) in [5, 5.41) is 1.66. The minimum Gasteiger partial charge on any atom is -0.497 e. The van der Waals surface area contributed by atoms with Gasteiger partial charge in [0.1, 0.15) is 5.75 Å². The number of aromatic amines is 1. The SMILES string of the molecule is CCCCc1cc2cc(OC)ccc2c(=O)[nH]1. The average Bonchev–Trinajstić information content (AvgIpc) is 2.35. The van der Waals surface area contributed by atoms with Crippen molar-refractivity contribution in [2.45, 2.75) is 26.2 Å². The first kappa shape index (κ1) is 11.7. The van der Waals surface area contributed by atoms with Gasteiger partial charge in [-0.3, -0.25) is 4.79 Å². The number of fused-ring (bicyclic) bond motifs is 1. The van der Waals surface area contributed by atoms with Gasteiger partial charge in [0.05, 0.1) is 7.11 Å². The average molecular weight is 231 g/mol. The lowest BCUT2D eigenvalue weighted by Crippen LogP contribution is -2.09. The minimum absolute atomic E-state index is 0.0174. The molecule has 1 aromatic carbocycles. The molecule has 1 heterocycles. The maximum absolute atomic E-state index is 11.9. The van der Waals surface area contributed by atoms with Crippen LogP contribution >= 0.6 is 0 Å². The van der Waals surface area contributed by atoms with Gasteiger partial charge in [-0.1, -0.05) is 13.3 Å². The van der Waals surface area contributed by atoms with Crippen molar-refractivity contribution in [2.75, 3.05) is 7.11 Å². The standard InChI is InChI=1S/C14H17NO2/c1-3-4-5-11-8-10-9-12(17-2)6-7-13(10)14(16)15-11/h6-9H,3-5H2,1-2H3,(H,15,16). The summed E-state index contributed by atoms with van der Waals surface area (Å²) in [4.78, 5) is 14.8. The fourth-order valence-electron chi connectivity index (χ4n) is 1.93. The monoisotopic (exact) mass is 231 g/mol. The highest BCUT2D eigenvalue weighted by atomic mass is 16.5. The van der Waals surface area contributed by atoms with Crippen LogP contribution < -0.4 is 10.3 Å². The number of benzene rings is 1. The topological polar surface area (TPSA) is 42.1 Å². The normalized spacial score (nSPS) is 10.7. The van der Waals surface area contributed by atoms with Crippen LogP contribution in [0.1, 0.15) is 25.5 Å². The molecule has 0 aliphatic heterocycles. The van der Waals surface area contributed by atoms with E-state index in [-0.39, 0.29) is 5.56 Å². The molecule has 0 unspecified atom stereocenters. The summed E-state index contributed by atoms with van der Waals surface area (Å²) in [6.45, 7) is 2.14. The molecule has 0 saturated carbocycles. The number of rotatable bonds is 4. The van der Waals surface area contributed by atoms with Gasteiger partial charge in [-0.05, 0) is 42.5 Å². The van der Waals surface area contributed by atoms with Gasteiger partial charge in [0, 0.05) is 11.1 Å². The summed E-state index contributed by atoms with van der Waals surface area (Å²) in [5.74, 6) is 0.782. The summed E-state index contributed by atoms with van der Waals surface area (Å²) in [7, 11) is 1.63. The number of nitrogens with one attached hydrogen (secondary N) is 1. The van der Waals surface area contributed by atoms with E-state index in [1.807, 2.05) is 18.2 Å². The van der Waals surface area contributed by atoms with Gasteiger partial charge in [-0.2, -0.15) is 0 Å². The van der Waals surface area contributed by atoms with E-state index >= 15 is 0 Å². The van der Waals surface area contributed by atoms with E-state index in [4.69, 9.17) is 4.74 Å². The van der Waals surface area contributed by atoms with E-state index in [0.717, 1.165) is 36.1 Å².